The number of carbonyl (C=O) groups is 1. The van der Waals surface area contributed by atoms with Crippen molar-refractivity contribution in [1.29, 1.82) is 5.26 Å². The van der Waals surface area contributed by atoms with E-state index in [0.717, 1.165) is 0 Å². The molecule has 0 fully saturated rings. The van der Waals surface area contributed by atoms with E-state index in [4.69, 9.17) is 10.00 Å². The molecular formula is C13H11NO3. The number of rotatable bonds is 2. The quantitative estimate of drug-likeness (QED) is 0.617. The second-order valence-corrected chi connectivity index (χ2v) is 3.13. The number of phenolic OH excluding ortho intramolecular Hbond substituents is 1. The fraction of sp³-hybridized carbons (Fsp3) is 0.231. The molecule has 0 aliphatic rings. The Labute approximate surface area is 99.4 Å². The smallest absolute Gasteiger partial charge is 0.317 e. The molecule has 1 rings (SSSR count). The SMILES string of the molecule is CCOC(=O)CC#Cc1cc(C#N)ccc1O. The molecule has 0 unspecified atom stereocenters. The van der Waals surface area contributed by atoms with E-state index in [1.807, 2.05) is 6.07 Å². The molecule has 0 bridgehead atoms. The number of ether oxygens (including phenoxy) is 1. The van der Waals surface area contributed by atoms with Crippen LogP contribution in [0.1, 0.15) is 24.5 Å². The average Bonchev–Trinajstić information content (AvgIpc) is 2.32. The number of aromatic hydroxyl groups is 1. The lowest BCUT2D eigenvalue weighted by molar-refractivity contribution is -0.141. The summed E-state index contributed by atoms with van der Waals surface area (Å²) in [4.78, 5) is 11.0. The van der Waals surface area contributed by atoms with Crippen LogP contribution < -0.4 is 0 Å². The number of nitrogens with zero attached hydrogens (tertiary/aromatic N) is 1. The van der Waals surface area contributed by atoms with Crippen LogP contribution in [0.15, 0.2) is 18.2 Å². The van der Waals surface area contributed by atoms with E-state index in [-0.39, 0.29) is 12.2 Å². The van der Waals surface area contributed by atoms with Gasteiger partial charge >= 0.3 is 5.97 Å². The first-order valence-corrected chi connectivity index (χ1v) is 5.05. The second-order valence-electron chi connectivity index (χ2n) is 3.13. The van der Waals surface area contributed by atoms with Crippen LogP contribution in [0.5, 0.6) is 5.75 Å². The maximum atomic E-state index is 11.0. The van der Waals surface area contributed by atoms with Crippen molar-refractivity contribution >= 4 is 5.97 Å². The van der Waals surface area contributed by atoms with Crippen LogP contribution in [0.4, 0.5) is 0 Å². The molecule has 4 heteroatoms. The minimum absolute atomic E-state index is 0.0136. The van der Waals surface area contributed by atoms with Crippen LogP contribution in [0.2, 0.25) is 0 Å². The van der Waals surface area contributed by atoms with E-state index in [1.165, 1.54) is 18.2 Å². The van der Waals surface area contributed by atoms with Crippen LogP contribution in [0.3, 0.4) is 0 Å². The third-order valence-corrected chi connectivity index (χ3v) is 1.89. The molecule has 4 nitrogen and oxygen atoms in total. The van der Waals surface area contributed by atoms with E-state index < -0.39 is 5.97 Å². The maximum absolute atomic E-state index is 11.0. The molecule has 0 heterocycles. The van der Waals surface area contributed by atoms with Gasteiger partial charge in [-0.1, -0.05) is 11.8 Å². The van der Waals surface area contributed by atoms with Gasteiger partial charge < -0.3 is 9.84 Å². The van der Waals surface area contributed by atoms with Crippen molar-refractivity contribution in [1.82, 2.24) is 0 Å². The van der Waals surface area contributed by atoms with Crippen molar-refractivity contribution in [2.45, 2.75) is 13.3 Å². The van der Waals surface area contributed by atoms with Crippen molar-refractivity contribution < 1.29 is 14.6 Å². The zero-order chi connectivity index (χ0) is 12.7. The first-order chi connectivity index (χ1) is 8.17. The number of hydrogen-bond donors (Lipinski definition) is 1. The Hall–Kier alpha value is -2.46. The predicted molar refractivity (Wildman–Crippen MR) is 60.9 cm³/mol. The fourth-order valence-corrected chi connectivity index (χ4v) is 1.13. The Morgan fingerprint density at radius 2 is 2.29 bits per heavy atom. The summed E-state index contributed by atoms with van der Waals surface area (Å²) in [7, 11) is 0. The third kappa shape index (κ3) is 3.89. The Morgan fingerprint density at radius 3 is 2.94 bits per heavy atom. The highest BCUT2D eigenvalue weighted by molar-refractivity contribution is 5.72. The van der Waals surface area contributed by atoms with Gasteiger partial charge in [0.1, 0.15) is 12.2 Å². The van der Waals surface area contributed by atoms with E-state index >= 15 is 0 Å². The largest absolute Gasteiger partial charge is 0.507 e. The summed E-state index contributed by atoms with van der Waals surface area (Å²) < 4.78 is 4.70. The number of phenols is 1. The number of benzene rings is 1. The zero-order valence-corrected chi connectivity index (χ0v) is 9.36. The second kappa shape index (κ2) is 6.19. The Bertz CT molecular complexity index is 518. The van der Waals surface area contributed by atoms with Crippen molar-refractivity contribution in [2.24, 2.45) is 0 Å². The summed E-state index contributed by atoms with van der Waals surface area (Å²) in [5, 5.41) is 18.2. The standard InChI is InChI=1S/C13H11NO3/c1-2-17-13(16)5-3-4-11-8-10(9-14)6-7-12(11)15/h6-8,15H,2,5H2,1H3. The highest BCUT2D eigenvalue weighted by Gasteiger charge is 2.00. The van der Waals surface area contributed by atoms with Gasteiger partial charge in [-0.3, -0.25) is 4.79 Å². The topological polar surface area (TPSA) is 70.3 Å². The molecule has 1 N–H and O–H groups in total. The predicted octanol–water partition coefficient (Wildman–Crippen LogP) is 1.57. The molecule has 1 aromatic carbocycles. The number of carbonyl (C=O) groups excluding carboxylic acids is 1. The lowest BCUT2D eigenvalue weighted by Gasteiger charge is -1.97. The summed E-state index contributed by atoms with van der Waals surface area (Å²) in [5.41, 5.74) is 0.733. The molecule has 0 radical (unpaired) electrons. The van der Waals surface area contributed by atoms with Gasteiger partial charge in [-0.15, -0.1) is 0 Å². The van der Waals surface area contributed by atoms with Crippen molar-refractivity contribution in [3.63, 3.8) is 0 Å². The molecule has 0 saturated carbocycles. The molecular weight excluding hydrogens is 218 g/mol. The Kier molecular flexibility index (Phi) is 4.59. The fourth-order valence-electron chi connectivity index (χ4n) is 1.13. The number of nitriles is 1. The highest BCUT2D eigenvalue weighted by atomic mass is 16.5. The first kappa shape index (κ1) is 12.6. The Balaban J connectivity index is 2.78. The molecule has 0 saturated heterocycles. The van der Waals surface area contributed by atoms with E-state index in [0.29, 0.717) is 17.7 Å². The third-order valence-electron chi connectivity index (χ3n) is 1.89. The molecule has 0 aliphatic heterocycles. The van der Waals surface area contributed by atoms with Gasteiger partial charge in [-0.2, -0.15) is 5.26 Å². The molecule has 0 aliphatic carbocycles. The van der Waals surface area contributed by atoms with Crippen LogP contribution >= 0.6 is 0 Å². The summed E-state index contributed by atoms with van der Waals surface area (Å²) >= 11 is 0. The van der Waals surface area contributed by atoms with Gasteiger partial charge in [-0.05, 0) is 25.1 Å². The van der Waals surface area contributed by atoms with E-state index in [9.17, 15) is 9.90 Å². The first-order valence-electron chi connectivity index (χ1n) is 5.05. The van der Waals surface area contributed by atoms with Crippen molar-refractivity contribution in [3.05, 3.63) is 29.3 Å². The molecule has 0 amide bonds. The van der Waals surface area contributed by atoms with Gasteiger partial charge in [0.25, 0.3) is 0 Å². The number of esters is 1. The molecule has 1 aromatic rings. The summed E-state index contributed by atoms with van der Waals surface area (Å²) in [6.07, 6.45) is -0.0376. The van der Waals surface area contributed by atoms with Crippen LogP contribution in [0.25, 0.3) is 0 Å². The molecule has 0 spiro atoms. The number of hydrogen-bond acceptors (Lipinski definition) is 4. The minimum Gasteiger partial charge on any atom is -0.507 e. The summed E-state index contributed by atoms with van der Waals surface area (Å²) in [5.74, 6) is 4.79. The van der Waals surface area contributed by atoms with Crippen molar-refractivity contribution in [3.8, 4) is 23.7 Å². The lowest BCUT2D eigenvalue weighted by atomic mass is 10.1. The highest BCUT2D eigenvalue weighted by Crippen LogP contribution is 2.16. The maximum Gasteiger partial charge on any atom is 0.317 e. The van der Waals surface area contributed by atoms with E-state index in [1.54, 1.807) is 6.92 Å². The minimum atomic E-state index is -0.407. The van der Waals surface area contributed by atoms with Crippen molar-refractivity contribution in [2.75, 3.05) is 6.61 Å². The van der Waals surface area contributed by atoms with Gasteiger partial charge in [-0.25, -0.2) is 0 Å². The van der Waals surface area contributed by atoms with Gasteiger partial charge in [0, 0.05) is 0 Å². The monoisotopic (exact) mass is 229 g/mol. The van der Waals surface area contributed by atoms with Crippen LogP contribution in [-0.2, 0) is 9.53 Å². The molecule has 0 aromatic heterocycles. The molecule has 17 heavy (non-hydrogen) atoms. The zero-order valence-electron chi connectivity index (χ0n) is 9.36. The van der Waals surface area contributed by atoms with Crippen LogP contribution in [-0.4, -0.2) is 17.7 Å². The normalized spacial score (nSPS) is 8.71. The summed E-state index contributed by atoms with van der Waals surface area (Å²) in [6, 6.07) is 6.30. The van der Waals surface area contributed by atoms with Gasteiger partial charge in [0.2, 0.25) is 0 Å². The van der Waals surface area contributed by atoms with Crippen LogP contribution in [0, 0.1) is 23.2 Å². The molecule has 86 valence electrons. The average molecular weight is 229 g/mol. The molecule has 0 atom stereocenters. The van der Waals surface area contributed by atoms with Gasteiger partial charge in [0.15, 0.2) is 0 Å². The Morgan fingerprint density at radius 1 is 1.53 bits per heavy atom. The van der Waals surface area contributed by atoms with E-state index in [2.05, 4.69) is 11.8 Å². The van der Waals surface area contributed by atoms with Gasteiger partial charge in [0.05, 0.1) is 23.8 Å². The lowest BCUT2D eigenvalue weighted by Crippen LogP contribution is -2.01. The summed E-state index contributed by atoms with van der Waals surface area (Å²) in [6.45, 7) is 2.03.